The minimum Gasteiger partial charge on any atom is -0.497 e. The Kier molecular flexibility index (Phi) is 3.54. The molecule has 0 atom stereocenters. The van der Waals surface area contributed by atoms with Crippen LogP contribution in [0.15, 0.2) is 24.3 Å². The molecule has 104 valence electrons. The van der Waals surface area contributed by atoms with E-state index in [0.29, 0.717) is 13.1 Å². The lowest BCUT2D eigenvalue weighted by Crippen LogP contribution is -2.60. The molecule has 0 radical (unpaired) electrons. The zero-order valence-electron chi connectivity index (χ0n) is 11.9. The smallest absolute Gasteiger partial charge is 0.312 e. The van der Waals surface area contributed by atoms with Gasteiger partial charge in [0.15, 0.2) is 5.60 Å². The van der Waals surface area contributed by atoms with E-state index in [0.717, 1.165) is 11.3 Å². The highest BCUT2D eigenvalue weighted by atomic mass is 16.6. The summed E-state index contributed by atoms with van der Waals surface area (Å²) in [4.78, 5) is 12.1. The lowest BCUT2D eigenvalue weighted by Gasteiger charge is -2.43. The molecule has 19 heavy (non-hydrogen) atoms. The van der Waals surface area contributed by atoms with Crippen LogP contribution in [0.3, 0.4) is 0 Å². The van der Waals surface area contributed by atoms with Crippen LogP contribution in [0, 0.1) is 5.41 Å². The summed E-state index contributed by atoms with van der Waals surface area (Å²) in [6.45, 7) is 6.90. The Balaban J connectivity index is 2.20. The van der Waals surface area contributed by atoms with Crippen molar-refractivity contribution in [2.45, 2.75) is 26.4 Å². The molecule has 1 N–H and O–H groups in total. The van der Waals surface area contributed by atoms with E-state index in [1.165, 1.54) is 0 Å². The van der Waals surface area contributed by atoms with Crippen LogP contribution in [0.1, 0.15) is 26.3 Å². The Morgan fingerprint density at radius 1 is 1.21 bits per heavy atom. The molecule has 4 nitrogen and oxygen atoms in total. The van der Waals surface area contributed by atoms with Gasteiger partial charge in [0.25, 0.3) is 0 Å². The van der Waals surface area contributed by atoms with Crippen LogP contribution in [-0.4, -0.2) is 26.2 Å². The molecule has 0 saturated carbocycles. The summed E-state index contributed by atoms with van der Waals surface area (Å²) < 4.78 is 10.9. The molecule has 1 aliphatic heterocycles. The second-order valence-electron chi connectivity index (χ2n) is 5.97. The number of benzene rings is 1. The lowest BCUT2D eigenvalue weighted by molar-refractivity contribution is -0.177. The van der Waals surface area contributed by atoms with Crippen molar-refractivity contribution in [2.24, 2.45) is 5.41 Å². The molecule has 0 unspecified atom stereocenters. The van der Waals surface area contributed by atoms with Crippen LogP contribution in [0.25, 0.3) is 0 Å². The standard InChI is InChI=1S/C15H21NO3/c1-14(2,3)13(17)19-15(9-16-10-15)11-5-7-12(18-4)8-6-11/h5-8,16H,9-10H2,1-4H3. The molecule has 0 bridgehead atoms. The molecule has 0 aromatic heterocycles. The largest absolute Gasteiger partial charge is 0.497 e. The first-order chi connectivity index (χ1) is 8.87. The molecule has 1 saturated heterocycles. The zero-order chi connectivity index (χ0) is 14.1. The number of nitrogens with one attached hydrogen (secondary N) is 1. The van der Waals surface area contributed by atoms with Crippen LogP contribution in [-0.2, 0) is 15.1 Å². The highest BCUT2D eigenvalue weighted by Gasteiger charge is 2.44. The van der Waals surface area contributed by atoms with E-state index in [1.807, 2.05) is 45.0 Å². The first-order valence-electron chi connectivity index (χ1n) is 6.46. The molecule has 1 aromatic rings. The number of ether oxygens (including phenoxy) is 2. The van der Waals surface area contributed by atoms with Crippen molar-refractivity contribution < 1.29 is 14.3 Å². The number of carbonyl (C=O) groups excluding carboxylic acids is 1. The predicted octanol–water partition coefficient (Wildman–Crippen LogP) is 2.08. The Bertz CT molecular complexity index is 455. The summed E-state index contributed by atoms with van der Waals surface area (Å²) in [7, 11) is 1.63. The number of hydrogen-bond acceptors (Lipinski definition) is 4. The van der Waals surface area contributed by atoms with Crippen LogP contribution in [0.5, 0.6) is 5.75 Å². The first kappa shape index (κ1) is 13.9. The van der Waals surface area contributed by atoms with Crippen molar-refractivity contribution >= 4 is 5.97 Å². The normalized spacial score (nSPS) is 17.5. The quantitative estimate of drug-likeness (QED) is 0.848. The van der Waals surface area contributed by atoms with E-state index in [4.69, 9.17) is 9.47 Å². The Hall–Kier alpha value is -1.55. The number of carbonyl (C=O) groups is 1. The number of esters is 1. The third-order valence-corrected chi connectivity index (χ3v) is 3.34. The maximum absolute atomic E-state index is 12.1. The molecular formula is C15H21NO3. The summed E-state index contributed by atoms with van der Waals surface area (Å²) >= 11 is 0. The van der Waals surface area contributed by atoms with E-state index >= 15 is 0 Å². The third-order valence-electron chi connectivity index (χ3n) is 3.34. The Morgan fingerprint density at radius 2 is 1.79 bits per heavy atom. The predicted molar refractivity (Wildman–Crippen MR) is 73.1 cm³/mol. The van der Waals surface area contributed by atoms with E-state index in [9.17, 15) is 4.79 Å². The molecule has 1 aliphatic rings. The van der Waals surface area contributed by atoms with Gasteiger partial charge in [0.1, 0.15) is 5.75 Å². The maximum atomic E-state index is 12.1. The van der Waals surface area contributed by atoms with Crippen LogP contribution < -0.4 is 10.1 Å². The van der Waals surface area contributed by atoms with Gasteiger partial charge in [-0.2, -0.15) is 0 Å². The average molecular weight is 263 g/mol. The van der Waals surface area contributed by atoms with Crippen LogP contribution >= 0.6 is 0 Å². The molecular weight excluding hydrogens is 242 g/mol. The van der Waals surface area contributed by atoms with Crippen molar-refractivity contribution in [1.29, 1.82) is 0 Å². The second-order valence-corrected chi connectivity index (χ2v) is 5.97. The molecule has 0 amide bonds. The molecule has 0 aliphatic carbocycles. The van der Waals surface area contributed by atoms with E-state index in [-0.39, 0.29) is 5.97 Å². The minimum absolute atomic E-state index is 0.176. The van der Waals surface area contributed by atoms with Crippen molar-refractivity contribution in [3.8, 4) is 5.75 Å². The fourth-order valence-electron chi connectivity index (χ4n) is 1.91. The van der Waals surface area contributed by atoms with Gasteiger partial charge in [0.2, 0.25) is 0 Å². The second kappa shape index (κ2) is 4.85. The lowest BCUT2D eigenvalue weighted by atomic mass is 9.87. The average Bonchev–Trinajstić information content (AvgIpc) is 2.32. The van der Waals surface area contributed by atoms with Crippen LogP contribution in [0.4, 0.5) is 0 Å². The van der Waals surface area contributed by atoms with Crippen molar-refractivity contribution in [2.75, 3.05) is 20.2 Å². The first-order valence-corrected chi connectivity index (χ1v) is 6.46. The van der Waals surface area contributed by atoms with Crippen molar-refractivity contribution in [3.63, 3.8) is 0 Å². The Labute approximate surface area is 114 Å². The van der Waals surface area contributed by atoms with Gasteiger partial charge in [-0.3, -0.25) is 4.79 Å². The third kappa shape index (κ3) is 2.73. The molecule has 1 aromatic carbocycles. The SMILES string of the molecule is COc1ccc(C2(OC(=O)C(C)(C)C)CNC2)cc1. The summed E-state index contributed by atoms with van der Waals surface area (Å²) in [6.07, 6.45) is 0. The monoisotopic (exact) mass is 263 g/mol. The van der Waals surface area contributed by atoms with E-state index in [1.54, 1.807) is 7.11 Å². The van der Waals surface area contributed by atoms with Crippen molar-refractivity contribution in [3.05, 3.63) is 29.8 Å². The molecule has 1 heterocycles. The molecule has 4 heteroatoms. The molecule has 1 fully saturated rings. The van der Waals surface area contributed by atoms with Gasteiger partial charge in [0, 0.05) is 13.1 Å². The van der Waals surface area contributed by atoms with E-state index < -0.39 is 11.0 Å². The topological polar surface area (TPSA) is 47.6 Å². The molecule has 2 rings (SSSR count). The number of hydrogen-bond donors (Lipinski definition) is 1. The highest BCUT2D eigenvalue weighted by molar-refractivity contribution is 5.76. The van der Waals surface area contributed by atoms with E-state index in [2.05, 4.69) is 5.32 Å². The van der Waals surface area contributed by atoms with Gasteiger partial charge in [0.05, 0.1) is 12.5 Å². The summed E-state index contributed by atoms with van der Waals surface area (Å²) in [5.41, 5.74) is -0.0178. The fourth-order valence-corrected chi connectivity index (χ4v) is 1.91. The number of methoxy groups -OCH3 is 1. The summed E-state index contributed by atoms with van der Waals surface area (Å²) in [6, 6.07) is 7.69. The van der Waals surface area contributed by atoms with Gasteiger partial charge in [-0.15, -0.1) is 0 Å². The minimum atomic E-state index is -0.531. The zero-order valence-corrected chi connectivity index (χ0v) is 11.9. The highest BCUT2D eigenvalue weighted by Crippen LogP contribution is 2.33. The molecule has 0 spiro atoms. The van der Waals surface area contributed by atoms with Gasteiger partial charge in [-0.1, -0.05) is 12.1 Å². The summed E-state index contributed by atoms with van der Waals surface area (Å²) in [5.74, 6) is 0.623. The van der Waals surface area contributed by atoms with Gasteiger partial charge in [-0.25, -0.2) is 0 Å². The van der Waals surface area contributed by atoms with Crippen LogP contribution in [0.2, 0.25) is 0 Å². The van der Waals surface area contributed by atoms with Gasteiger partial charge < -0.3 is 14.8 Å². The Morgan fingerprint density at radius 3 is 2.16 bits per heavy atom. The van der Waals surface area contributed by atoms with Crippen molar-refractivity contribution in [1.82, 2.24) is 5.32 Å². The summed E-state index contributed by atoms with van der Waals surface area (Å²) in [5, 5.41) is 3.18. The number of rotatable bonds is 3. The maximum Gasteiger partial charge on any atom is 0.312 e. The van der Waals surface area contributed by atoms with Gasteiger partial charge in [-0.05, 0) is 38.5 Å². The fraction of sp³-hybridized carbons (Fsp3) is 0.533. The van der Waals surface area contributed by atoms with Gasteiger partial charge >= 0.3 is 5.97 Å².